The minimum Gasteiger partial charge on any atom is -0.366 e. The number of halogens is 1. The number of benzene rings is 2. The number of carbonyl (C=O) groups excluding carboxylic acids is 1. The van der Waals surface area contributed by atoms with E-state index in [1.165, 1.54) is 12.1 Å². The van der Waals surface area contributed by atoms with Crippen LogP contribution >= 0.6 is 12.2 Å². The molecule has 0 spiro atoms. The number of hydrogen-bond donors (Lipinski definition) is 3. The topological polar surface area (TPSA) is 67.2 Å². The lowest BCUT2D eigenvalue weighted by Crippen LogP contribution is -2.30. The van der Waals surface area contributed by atoms with Crippen molar-refractivity contribution in [3.05, 3.63) is 65.5 Å². The summed E-state index contributed by atoms with van der Waals surface area (Å²) in [6, 6.07) is 12.8. The largest absolute Gasteiger partial charge is 0.366 e. The van der Waals surface area contributed by atoms with Crippen LogP contribution in [0.4, 0.5) is 10.1 Å². The first-order valence-corrected chi connectivity index (χ1v) is 7.09. The molecule has 2 aromatic rings. The van der Waals surface area contributed by atoms with Crippen LogP contribution in [0.2, 0.25) is 0 Å². The fourth-order valence-corrected chi connectivity index (χ4v) is 2.21. The predicted octanol–water partition coefficient (Wildman–Crippen LogP) is 2.97. The van der Waals surface area contributed by atoms with Gasteiger partial charge in [-0.05, 0) is 61.1 Å². The van der Waals surface area contributed by atoms with Gasteiger partial charge in [0.2, 0.25) is 5.91 Å². The molecule has 0 heterocycles. The number of rotatable bonds is 4. The SMILES string of the molecule is CC(NC(=S)Nc1ccc(C(N)=O)cc1)c1ccc(F)cc1. The van der Waals surface area contributed by atoms with Crippen molar-refractivity contribution in [2.75, 3.05) is 5.32 Å². The first-order chi connectivity index (χ1) is 10.5. The summed E-state index contributed by atoms with van der Waals surface area (Å²) in [4.78, 5) is 11.0. The van der Waals surface area contributed by atoms with Crippen molar-refractivity contribution in [1.82, 2.24) is 5.32 Å². The van der Waals surface area contributed by atoms with Crippen LogP contribution in [-0.2, 0) is 0 Å². The number of nitrogens with two attached hydrogens (primary N) is 1. The van der Waals surface area contributed by atoms with Crippen LogP contribution < -0.4 is 16.4 Å². The average Bonchev–Trinajstić information content (AvgIpc) is 2.48. The van der Waals surface area contributed by atoms with E-state index in [-0.39, 0.29) is 11.9 Å². The van der Waals surface area contributed by atoms with Crippen molar-refractivity contribution >= 4 is 28.9 Å². The number of primary amides is 1. The molecule has 0 saturated heterocycles. The van der Waals surface area contributed by atoms with E-state index in [1.54, 1.807) is 36.4 Å². The van der Waals surface area contributed by atoms with Gasteiger partial charge in [-0.15, -0.1) is 0 Å². The molecule has 114 valence electrons. The van der Waals surface area contributed by atoms with Gasteiger partial charge < -0.3 is 16.4 Å². The second kappa shape index (κ2) is 7.00. The summed E-state index contributed by atoms with van der Waals surface area (Å²) < 4.78 is 12.9. The van der Waals surface area contributed by atoms with E-state index < -0.39 is 5.91 Å². The standard InChI is InChI=1S/C16H16FN3OS/c1-10(11-2-6-13(17)7-3-11)19-16(22)20-14-8-4-12(5-9-14)15(18)21/h2-10H,1H3,(H2,18,21)(H2,19,20,22). The summed E-state index contributed by atoms with van der Waals surface area (Å²) in [6.45, 7) is 1.93. The molecule has 22 heavy (non-hydrogen) atoms. The van der Waals surface area contributed by atoms with Crippen LogP contribution in [0, 0.1) is 5.82 Å². The maximum absolute atomic E-state index is 12.9. The van der Waals surface area contributed by atoms with Crippen LogP contribution in [0.1, 0.15) is 28.9 Å². The van der Waals surface area contributed by atoms with Gasteiger partial charge in [-0.25, -0.2) is 4.39 Å². The van der Waals surface area contributed by atoms with E-state index in [0.717, 1.165) is 11.3 Å². The molecule has 2 rings (SSSR count). The van der Waals surface area contributed by atoms with Gasteiger partial charge in [0.25, 0.3) is 0 Å². The molecule has 0 aromatic heterocycles. The average molecular weight is 317 g/mol. The molecule has 4 nitrogen and oxygen atoms in total. The lowest BCUT2D eigenvalue weighted by atomic mass is 10.1. The summed E-state index contributed by atoms with van der Waals surface area (Å²) in [5.41, 5.74) is 7.29. The van der Waals surface area contributed by atoms with Gasteiger partial charge in [0.15, 0.2) is 5.11 Å². The van der Waals surface area contributed by atoms with E-state index >= 15 is 0 Å². The van der Waals surface area contributed by atoms with Gasteiger partial charge in [0.05, 0.1) is 6.04 Å². The van der Waals surface area contributed by atoms with Gasteiger partial charge in [0.1, 0.15) is 5.82 Å². The maximum Gasteiger partial charge on any atom is 0.248 e. The van der Waals surface area contributed by atoms with Crippen LogP contribution in [0.5, 0.6) is 0 Å². The van der Waals surface area contributed by atoms with E-state index in [9.17, 15) is 9.18 Å². The van der Waals surface area contributed by atoms with Crippen molar-refractivity contribution in [3.63, 3.8) is 0 Å². The Morgan fingerprint density at radius 1 is 1.14 bits per heavy atom. The van der Waals surface area contributed by atoms with Crippen LogP contribution in [-0.4, -0.2) is 11.0 Å². The zero-order valence-corrected chi connectivity index (χ0v) is 12.8. The van der Waals surface area contributed by atoms with Gasteiger partial charge >= 0.3 is 0 Å². The lowest BCUT2D eigenvalue weighted by Gasteiger charge is -2.17. The highest BCUT2D eigenvalue weighted by atomic mass is 32.1. The number of nitrogens with one attached hydrogen (secondary N) is 2. The Balaban J connectivity index is 1.94. The Labute approximate surface area is 133 Å². The first kappa shape index (κ1) is 15.9. The van der Waals surface area contributed by atoms with Gasteiger partial charge in [-0.2, -0.15) is 0 Å². The second-order valence-electron chi connectivity index (χ2n) is 4.81. The molecular weight excluding hydrogens is 301 g/mol. The summed E-state index contributed by atoms with van der Waals surface area (Å²) >= 11 is 5.23. The smallest absolute Gasteiger partial charge is 0.248 e. The summed E-state index contributed by atoms with van der Waals surface area (Å²) in [5.74, 6) is -0.747. The van der Waals surface area contributed by atoms with E-state index in [4.69, 9.17) is 18.0 Å². The Morgan fingerprint density at radius 3 is 2.27 bits per heavy atom. The molecule has 0 radical (unpaired) electrons. The van der Waals surface area contributed by atoms with E-state index in [0.29, 0.717) is 10.7 Å². The number of anilines is 1. The summed E-state index contributed by atoms with van der Waals surface area (Å²) in [6.07, 6.45) is 0. The Bertz CT molecular complexity index is 671. The van der Waals surface area contributed by atoms with Crippen molar-refractivity contribution in [2.24, 2.45) is 5.73 Å². The fourth-order valence-electron chi connectivity index (χ4n) is 1.92. The normalized spacial score (nSPS) is 11.5. The lowest BCUT2D eigenvalue weighted by molar-refractivity contribution is 0.100. The maximum atomic E-state index is 12.9. The van der Waals surface area contributed by atoms with Crippen LogP contribution in [0.25, 0.3) is 0 Å². The summed E-state index contributed by atoms with van der Waals surface area (Å²) in [5, 5.41) is 6.56. The van der Waals surface area contributed by atoms with Crippen molar-refractivity contribution in [2.45, 2.75) is 13.0 Å². The molecule has 0 fully saturated rings. The molecule has 6 heteroatoms. The fraction of sp³-hybridized carbons (Fsp3) is 0.125. The van der Waals surface area contributed by atoms with Crippen molar-refractivity contribution < 1.29 is 9.18 Å². The molecule has 0 saturated carbocycles. The predicted molar refractivity (Wildman–Crippen MR) is 89.1 cm³/mol. The Hall–Kier alpha value is -2.47. The second-order valence-corrected chi connectivity index (χ2v) is 5.22. The molecule has 2 aromatic carbocycles. The quantitative estimate of drug-likeness (QED) is 0.759. The van der Waals surface area contributed by atoms with E-state index in [2.05, 4.69) is 10.6 Å². The van der Waals surface area contributed by atoms with E-state index in [1.807, 2.05) is 6.92 Å². The van der Waals surface area contributed by atoms with Crippen LogP contribution in [0.3, 0.4) is 0 Å². The highest BCUT2D eigenvalue weighted by Crippen LogP contribution is 2.14. The molecular formula is C16H16FN3OS. The Kier molecular flexibility index (Phi) is 5.06. The van der Waals surface area contributed by atoms with Crippen molar-refractivity contribution in [3.8, 4) is 0 Å². The molecule has 4 N–H and O–H groups in total. The number of thiocarbonyl (C=S) groups is 1. The molecule has 1 amide bonds. The van der Waals surface area contributed by atoms with Gasteiger partial charge in [0, 0.05) is 11.3 Å². The highest BCUT2D eigenvalue weighted by Gasteiger charge is 2.07. The summed E-state index contributed by atoms with van der Waals surface area (Å²) in [7, 11) is 0. The monoisotopic (exact) mass is 317 g/mol. The minimum absolute atomic E-state index is 0.0644. The highest BCUT2D eigenvalue weighted by molar-refractivity contribution is 7.80. The number of hydrogen-bond acceptors (Lipinski definition) is 2. The third-order valence-electron chi connectivity index (χ3n) is 3.14. The number of carbonyl (C=O) groups is 1. The minimum atomic E-state index is -0.475. The molecule has 1 atom stereocenters. The Morgan fingerprint density at radius 2 is 1.73 bits per heavy atom. The molecule has 0 aliphatic carbocycles. The first-order valence-electron chi connectivity index (χ1n) is 6.68. The molecule has 0 bridgehead atoms. The third kappa shape index (κ3) is 4.26. The molecule has 1 unspecified atom stereocenters. The molecule has 0 aliphatic heterocycles. The van der Waals surface area contributed by atoms with Gasteiger partial charge in [-0.3, -0.25) is 4.79 Å². The van der Waals surface area contributed by atoms with Crippen LogP contribution in [0.15, 0.2) is 48.5 Å². The number of amides is 1. The van der Waals surface area contributed by atoms with Crippen molar-refractivity contribution in [1.29, 1.82) is 0 Å². The molecule has 0 aliphatic rings. The zero-order valence-electron chi connectivity index (χ0n) is 12.0. The zero-order chi connectivity index (χ0) is 16.1. The van der Waals surface area contributed by atoms with Gasteiger partial charge in [-0.1, -0.05) is 12.1 Å². The third-order valence-corrected chi connectivity index (χ3v) is 3.36.